The van der Waals surface area contributed by atoms with Gasteiger partial charge in [-0.1, -0.05) is 12.1 Å². The number of halogens is 2. The highest BCUT2D eigenvalue weighted by molar-refractivity contribution is 7.93. The molecule has 34 heavy (non-hydrogen) atoms. The molecular formula is C20H18F2N6O5S. The number of nitrogens with one attached hydrogen (secondary N) is 2. The SMILES string of the molecule is COc1nc(NS(=O)(=O)c2c[nH]c3c(-c4cnccn4)c(C)ccc23)nc(OC)c1OC(F)F. The fraction of sp³-hybridized carbons (Fsp3) is 0.200. The maximum Gasteiger partial charge on any atom is 0.387 e. The van der Waals surface area contributed by atoms with E-state index in [0.29, 0.717) is 22.2 Å². The molecule has 0 aliphatic carbocycles. The lowest BCUT2D eigenvalue weighted by molar-refractivity contribution is -0.0533. The van der Waals surface area contributed by atoms with Crippen molar-refractivity contribution in [3.63, 3.8) is 0 Å². The van der Waals surface area contributed by atoms with E-state index >= 15 is 0 Å². The molecule has 0 bridgehead atoms. The van der Waals surface area contributed by atoms with E-state index in [1.165, 1.54) is 18.6 Å². The van der Waals surface area contributed by atoms with Gasteiger partial charge in [0.2, 0.25) is 11.7 Å². The molecular weight excluding hydrogens is 474 g/mol. The molecule has 178 valence electrons. The molecule has 0 spiro atoms. The number of benzene rings is 1. The third kappa shape index (κ3) is 4.26. The molecule has 0 amide bonds. The van der Waals surface area contributed by atoms with Crippen molar-refractivity contribution in [1.82, 2.24) is 24.9 Å². The molecule has 14 heteroatoms. The topological polar surface area (TPSA) is 141 Å². The van der Waals surface area contributed by atoms with Gasteiger partial charge in [-0.15, -0.1) is 0 Å². The van der Waals surface area contributed by atoms with Crippen LogP contribution in [-0.4, -0.2) is 54.2 Å². The number of fused-ring (bicyclic) bond motifs is 1. The van der Waals surface area contributed by atoms with Gasteiger partial charge in [0.15, 0.2) is 0 Å². The number of aryl methyl sites for hydroxylation is 1. The van der Waals surface area contributed by atoms with E-state index in [1.54, 1.807) is 18.3 Å². The number of hydrogen-bond acceptors (Lipinski definition) is 9. The molecule has 11 nitrogen and oxygen atoms in total. The van der Waals surface area contributed by atoms with Gasteiger partial charge in [0.05, 0.1) is 31.6 Å². The minimum Gasteiger partial charge on any atom is -0.478 e. The van der Waals surface area contributed by atoms with Gasteiger partial charge in [-0.2, -0.15) is 18.7 Å². The Morgan fingerprint density at radius 3 is 2.38 bits per heavy atom. The molecule has 0 unspecified atom stereocenters. The number of sulfonamides is 1. The number of H-pyrrole nitrogens is 1. The Morgan fingerprint density at radius 2 is 1.79 bits per heavy atom. The number of methoxy groups -OCH3 is 2. The van der Waals surface area contributed by atoms with Crippen molar-refractivity contribution in [2.75, 3.05) is 18.9 Å². The predicted molar refractivity (Wildman–Crippen MR) is 117 cm³/mol. The average Bonchev–Trinajstić information content (AvgIpc) is 3.24. The van der Waals surface area contributed by atoms with Crippen LogP contribution in [0, 0.1) is 6.92 Å². The van der Waals surface area contributed by atoms with Gasteiger partial charge in [-0.3, -0.25) is 9.97 Å². The maximum atomic E-state index is 13.2. The quantitative estimate of drug-likeness (QED) is 0.379. The van der Waals surface area contributed by atoms with Crippen LogP contribution < -0.4 is 18.9 Å². The second-order valence-corrected chi connectivity index (χ2v) is 8.45. The summed E-state index contributed by atoms with van der Waals surface area (Å²) < 4.78 is 68.3. The number of aromatic amines is 1. The molecule has 3 heterocycles. The van der Waals surface area contributed by atoms with E-state index in [1.807, 2.05) is 6.92 Å². The van der Waals surface area contributed by atoms with Crippen LogP contribution >= 0.6 is 0 Å². The van der Waals surface area contributed by atoms with E-state index in [4.69, 9.17) is 9.47 Å². The largest absolute Gasteiger partial charge is 0.478 e. The van der Waals surface area contributed by atoms with E-state index < -0.39 is 40.1 Å². The minimum atomic E-state index is -4.24. The van der Waals surface area contributed by atoms with E-state index in [9.17, 15) is 17.2 Å². The van der Waals surface area contributed by atoms with Crippen molar-refractivity contribution in [1.29, 1.82) is 0 Å². The van der Waals surface area contributed by atoms with Gasteiger partial charge in [0, 0.05) is 29.5 Å². The average molecular weight is 492 g/mol. The number of alkyl halides is 2. The van der Waals surface area contributed by atoms with Crippen molar-refractivity contribution in [2.45, 2.75) is 18.4 Å². The van der Waals surface area contributed by atoms with Gasteiger partial charge in [0.25, 0.3) is 21.8 Å². The summed E-state index contributed by atoms with van der Waals surface area (Å²) in [5.74, 6) is -1.92. The predicted octanol–water partition coefficient (Wildman–Crippen LogP) is 3.14. The molecule has 3 aromatic heterocycles. The zero-order chi connectivity index (χ0) is 24.5. The second-order valence-electron chi connectivity index (χ2n) is 6.80. The lowest BCUT2D eigenvalue weighted by atomic mass is 10.0. The van der Waals surface area contributed by atoms with Crippen LogP contribution in [-0.2, 0) is 10.0 Å². The van der Waals surface area contributed by atoms with Crippen LogP contribution in [0.25, 0.3) is 22.2 Å². The summed E-state index contributed by atoms with van der Waals surface area (Å²) in [7, 11) is -1.94. The van der Waals surface area contributed by atoms with Crippen LogP contribution in [0.4, 0.5) is 14.7 Å². The Morgan fingerprint density at radius 1 is 1.09 bits per heavy atom. The van der Waals surface area contributed by atoms with Gasteiger partial charge in [0.1, 0.15) is 4.90 Å². The number of aromatic nitrogens is 5. The molecule has 0 aliphatic rings. The van der Waals surface area contributed by atoms with E-state index in [2.05, 4.69) is 34.4 Å². The highest BCUT2D eigenvalue weighted by atomic mass is 32.2. The highest BCUT2D eigenvalue weighted by Crippen LogP contribution is 2.37. The first-order valence-electron chi connectivity index (χ1n) is 9.60. The first kappa shape index (κ1) is 23.1. The molecule has 4 aromatic rings. The van der Waals surface area contributed by atoms with Crippen molar-refractivity contribution < 1.29 is 31.4 Å². The fourth-order valence-corrected chi connectivity index (χ4v) is 4.47. The smallest absolute Gasteiger partial charge is 0.387 e. The number of rotatable bonds is 8. The van der Waals surface area contributed by atoms with Crippen molar-refractivity contribution in [2.24, 2.45) is 0 Å². The van der Waals surface area contributed by atoms with Gasteiger partial charge >= 0.3 is 6.61 Å². The van der Waals surface area contributed by atoms with Gasteiger partial charge < -0.3 is 19.2 Å². The molecule has 1 aromatic carbocycles. The normalized spacial score (nSPS) is 11.6. The summed E-state index contributed by atoms with van der Waals surface area (Å²) in [4.78, 5) is 18.9. The molecule has 0 radical (unpaired) electrons. The fourth-order valence-electron chi connectivity index (χ4n) is 3.36. The first-order chi connectivity index (χ1) is 16.2. The summed E-state index contributed by atoms with van der Waals surface area (Å²) in [5.41, 5.74) is 2.66. The second kappa shape index (κ2) is 9.05. The lowest BCUT2D eigenvalue weighted by Gasteiger charge is -2.14. The number of nitrogens with zero attached hydrogens (tertiary/aromatic N) is 4. The van der Waals surface area contributed by atoms with Gasteiger partial charge in [-0.05, 0) is 12.5 Å². The molecule has 2 N–H and O–H groups in total. The molecule has 0 aliphatic heterocycles. The van der Waals surface area contributed by atoms with Crippen molar-refractivity contribution >= 4 is 26.9 Å². The number of anilines is 1. The molecule has 4 rings (SSSR count). The van der Waals surface area contributed by atoms with Crippen LogP contribution in [0.2, 0.25) is 0 Å². The Labute approximate surface area is 192 Å². The van der Waals surface area contributed by atoms with Crippen LogP contribution in [0.5, 0.6) is 17.5 Å². The zero-order valence-electron chi connectivity index (χ0n) is 18.0. The lowest BCUT2D eigenvalue weighted by Crippen LogP contribution is -2.16. The summed E-state index contributed by atoms with van der Waals surface area (Å²) in [6, 6.07) is 3.41. The molecule has 0 fully saturated rings. The molecule has 0 saturated heterocycles. The first-order valence-corrected chi connectivity index (χ1v) is 11.1. The molecule has 0 saturated carbocycles. The van der Waals surface area contributed by atoms with Crippen molar-refractivity contribution in [3.8, 4) is 28.8 Å². The van der Waals surface area contributed by atoms with E-state index in [0.717, 1.165) is 19.8 Å². The summed E-state index contributed by atoms with van der Waals surface area (Å²) in [6.07, 6.45) is 5.96. The summed E-state index contributed by atoms with van der Waals surface area (Å²) in [5, 5.41) is 0.385. The highest BCUT2D eigenvalue weighted by Gasteiger charge is 2.26. The standard InChI is InChI=1S/C20H18F2N6O5S/c1-10-4-5-11-13(9-25-15(11)14(10)12-8-23-6-7-24-12)34(29,30)28-20-26-17(31-2)16(33-19(21)22)18(27-20)32-3/h4-9,19,25H,1-3H3,(H,26,27,28). The zero-order valence-corrected chi connectivity index (χ0v) is 18.9. The van der Waals surface area contributed by atoms with E-state index in [-0.39, 0.29) is 4.90 Å². The van der Waals surface area contributed by atoms with Crippen molar-refractivity contribution in [3.05, 3.63) is 42.5 Å². The minimum absolute atomic E-state index is 0.0953. The summed E-state index contributed by atoms with van der Waals surface area (Å²) >= 11 is 0. The number of hydrogen-bond donors (Lipinski definition) is 2. The summed E-state index contributed by atoms with van der Waals surface area (Å²) in [6.45, 7) is -1.33. The Kier molecular flexibility index (Phi) is 6.15. The Hall–Kier alpha value is -4.07. The monoisotopic (exact) mass is 492 g/mol. The third-order valence-corrected chi connectivity index (χ3v) is 6.13. The Bertz CT molecular complexity index is 1420. The van der Waals surface area contributed by atoms with Crippen LogP contribution in [0.1, 0.15) is 5.56 Å². The maximum absolute atomic E-state index is 13.2. The third-order valence-electron chi connectivity index (χ3n) is 4.76. The van der Waals surface area contributed by atoms with Crippen LogP contribution in [0.15, 0.2) is 41.8 Å². The number of ether oxygens (including phenoxy) is 3. The molecule has 0 atom stereocenters. The van der Waals surface area contributed by atoms with Gasteiger partial charge in [-0.25, -0.2) is 13.1 Å². The Balaban J connectivity index is 1.77. The van der Waals surface area contributed by atoms with Crippen LogP contribution in [0.3, 0.4) is 0 Å².